The molecule has 0 saturated heterocycles. The minimum absolute atomic E-state index is 0.00760. The number of hydrogen-bond donors (Lipinski definition) is 3. The van der Waals surface area contributed by atoms with Gasteiger partial charge in [-0.15, -0.1) is 0 Å². The second-order valence-corrected chi connectivity index (χ2v) is 7.06. The van der Waals surface area contributed by atoms with Crippen molar-refractivity contribution >= 4 is 11.8 Å². The molecule has 0 aliphatic rings. The summed E-state index contributed by atoms with van der Waals surface area (Å²) in [5.74, 6) is -0.542. The number of rotatable bonds is 6. The first-order chi connectivity index (χ1) is 10.6. The van der Waals surface area contributed by atoms with Crippen LogP contribution in [0.15, 0.2) is 24.3 Å². The van der Waals surface area contributed by atoms with E-state index in [-0.39, 0.29) is 29.8 Å². The van der Waals surface area contributed by atoms with Crippen LogP contribution >= 0.6 is 0 Å². The Hall–Kier alpha value is -1.88. The third-order valence-electron chi connectivity index (χ3n) is 3.69. The van der Waals surface area contributed by atoms with Crippen molar-refractivity contribution < 1.29 is 14.7 Å². The molecule has 2 atom stereocenters. The molecule has 0 saturated carbocycles. The Morgan fingerprint density at radius 3 is 2.17 bits per heavy atom. The van der Waals surface area contributed by atoms with E-state index in [4.69, 9.17) is 5.11 Å². The van der Waals surface area contributed by atoms with Crippen LogP contribution in [0.1, 0.15) is 50.5 Å². The smallest absolute Gasteiger partial charge is 0.251 e. The van der Waals surface area contributed by atoms with Gasteiger partial charge < -0.3 is 15.7 Å². The van der Waals surface area contributed by atoms with Crippen LogP contribution in [0, 0.1) is 5.92 Å². The van der Waals surface area contributed by atoms with Gasteiger partial charge in [-0.3, -0.25) is 9.59 Å². The topological polar surface area (TPSA) is 78.4 Å². The second kappa shape index (κ2) is 8.11. The summed E-state index contributed by atoms with van der Waals surface area (Å²) in [6, 6.07) is 6.78. The monoisotopic (exact) mass is 320 g/mol. The van der Waals surface area contributed by atoms with Gasteiger partial charge in [0.25, 0.3) is 5.91 Å². The summed E-state index contributed by atoms with van der Waals surface area (Å²) in [6.07, 6.45) is 0. The van der Waals surface area contributed by atoms with Gasteiger partial charge in [0.1, 0.15) is 6.04 Å². The van der Waals surface area contributed by atoms with Crippen LogP contribution in [-0.2, 0) is 10.2 Å². The molecule has 128 valence electrons. The summed E-state index contributed by atoms with van der Waals surface area (Å²) >= 11 is 0. The van der Waals surface area contributed by atoms with E-state index >= 15 is 0 Å². The Morgan fingerprint density at radius 1 is 1.13 bits per heavy atom. The molecule has 0 aromatic heterocycles. The zero-order chi connectivity index (χ0) is 17.6. The lowest BCUT2D eigenvalue weighted by Crippen LogP contribution is -2.46. The summed E-state index contributed by atoms with van der Waals surface area (Å²) in [4.78, 5) is 24.1. The Bertz CT molecular complexity index is 532. The van der Waals surface area contributed by atoms with Gasteiger partial charge in [0, 0.05) is 18.7 Å². The lowest BCUT2D eigenvalue weighted by atomic mass is 9.86. The molecule has 1 aromatic carbocycles. The molecule has 23 heavy (non-hydrogen) atoms. The van der Waals surface area contributed by atoms with Crippen molar-refractivity contribution in [1.82, 2.24) is 10.6 Å². The lowest BCUT2D eigenvalue weighted by Gasteiger charge is -2.19. The predicted octanol–water partition coefficient (Wildman–Crippen LogP) is 1.85. The van der Waals surface area contributed by atoms with E-state index in [1.165, 1.54) is 0 Å². The first-order valence-electron chi connectivity index (χ1n) is 7.95. The molecule has 0 bridgehead atoms. The molecule has 2 unspecified atom stereocenters. The quantitative estimate of drug-likeness (QED) is 0.748. The van der Waals surface area contributed by atoms with Crippen LogP contribution < -0.4 is 10.6 Å². The summed E-state index contributed by atoms with van der Waals surface area (Å²) in [6.45, 7) is 10.2. The molecule has 0 aliphatic heterocycles. The van der Waals surface area contributed by atoms with Crippen LogP contribution in [-0.4, -0.2) is 36.1 Å². The molecule has 0 spiro atoms. The van der Waals surface area contributed by atoms with Crippen molar-refractivity contribution in [2.24, 2.45) is 5.92 Å². The van der Waals surface area contributed by atoms with Crippen LogP contribution in [0.4, 0.5) is 0 Å². The highest BCUT2D eigenvalue weighted by Gasteiger charge is 2.18. The number of hydrogen-bond acceptors (Lipinski definition) is 3. The van der Waals surface area contributed by atoms with Gasteiger partial charge in [0.2, 0.25) is 5.91 Å². The van der Waals surface area contributed by atoms with Crippen LogP contribution in [0.5, 0.6) is 0 Å². The van der Waals surface area contributed by atoms with Crippen molar-refractivity contribution in [3.63, 3.8) is 0 Å². The first-order valence-corrected chi connectivity index (χ1v) is 7.95. The maximum absolute atomic E-state index is 12.2. The van der Waals surface area contributed by atoms with E-state index in [2.05, 4.69) is 31.4 Å². The summed E-state index contributed by atoms with van der Waals surface area (Å²) < 4.78 is 0. The fraction of sp³-hybridized carbons (Fsp3) is 0.556. The van der Waals surface area contributed by atoms with Gasteiger partial charge in [-0.1, -0.05) is 39.8 Å². The molecule has 1 aromatic rings. The van der Waals surface area contributed by atoms with E-state index in [1.807, 2.05) is 19.1 Å². The highest BCUT2D eigenvalue weighted by Crippen LogP contribution is 2.22. The van der Waals surface area contributed by atoms with Gasteiger partial charge >= 0.3 is 0 Å². The number of nitrogens with one attached hydrogen (secondary N) is 2. The molecule has 0 fully saturated rings. The van der Waals surface area contributed by atoms with Crippen LogP contribution in [0.3, 0.4) is 0 Å². The van der Waals surface area contributed by atoms with Crippen molar-refractivity contribution in [2.75, 3.05) is 13.2 Å². The number of benzene rings is 1. The average Bonchev–Trinajstić information content (AvgIpc) is 2.51. The zero-order valence-corrected chi connectivity index (χ0v) is 14.6. The maximum Gasteiger partial charge on any atom is 0.251 e. The molecule has 2 amide bonds. The third kappa shape index (κ3) is 6.02. The van der Waals surface area contributed by atoms with E-state index < -0.39 is 6.04 Å². The Labute approximate surface area is 138 Å². The molecule has 3 N–H and O–H groups in total. The maximum atomic E-state index is 12.2. The molecular weight excluding hydrogens is 292 g/mol. The Balaban J connectivity index is 2.59. The summed E-state index contributed by atoms with van der Waals surface area (Å²) in [5, 5.41) is 14.3. The van der Waals surface area contributed by atoms with Crippen molar-refractivity contribution in [2.45, 2.75) is 46.1 Å². The van der Waals surface area contributed by atoms with E-state index in [0.29, 0.717) is 12.1 Å². The third-order valence-corrected chi connectivity index (χ3v) is 3.69. The average molecular weight is 320 g/mol. The zero-order valence-electron chi connectivity index (χ0n) is 14.6. The predicted molar refractivity (Wildman–Crippen MR) is 91.3 cm³/mol. The largest absolute Gasteiger partial charge is 0.396 e. The van der Waals surface area contributed by atoms with Crippen LogP contribution in [0.25, 0.3) is 0 Å². The van der Waals surface area contributed by atoms with Crippen molar-refractivity contribution in [3.05, 3.63) is 35.4 Å². The van der Waals surface area contributed by atoms with Crippen LogP contribution in [0.2, 0.25) is 0 Å². The molecule has 5 nitrogen and oxygen atoms in total. The minimum Gasteiger partial charge on any atom is -0.396 e. The number of aliphatic hydroxyl groups is 1. The number of amides is 2. The molecule has 0 radical (unpaired) electrons. The van der Waals surface area contributed by atoms with Crippen molar-refractivity contribution in [3.8, 4) is 0 Å². The molecule has 0 heterocycles. The van der Waals surface area contributed by atoms with E-state index in [9.17, 15) is 9.59 Å². The molecule has 5 heteroatoms. The fourth-order valence-corrected chi connectivity index (χ4v) is 1.96. The van der Waals surface area contributed by atoms with Crippen molar-refractivity contribution in [1.29, 1.82) is 0 Å². The normalized spacial score (nSPS) is 14.0. The second-order valence-electron chi connectivity index (χ2n) is 7.06. The minimum atomic E-state index is -0.629. The molecular formula is C18H28N2O3. The number of carbonyl (C=O) groups is 2. The van der Waals surface area contributed by atoms with Gasteiger partial charge in [0.15, 0.2) is 0 Å². The van der Waals surface area contributed by atoms with E-state index in [1.54, 1.807) is 19.1 Å². The molecule has 0 aliphatic carbocycles. The Morgan fingerprint density at radius 2 is 1.70 bits per heavy atom. The lowest BCUT2D eigenvalue weighted by molar-refractivity contribution is -0.122. The fourth-order valence-electron chi connectivity index (χ4n) is 1.96. The highest BCUT2D eigenvalue weighted by molar-refractivity contribution is 5.97. The molecule has 1 rings (SSSR count). The van der Waals surface area contributed by atoms with Gasteiger partial charge in [-0.05, 0) is 36.0 Å². The number of aliphatic hydroxyl groups excluding tert-OH is 1. The summed E-state index contributed by atoms with van der Waals surface area (Å²) in [5.41, 5.74) is 1.71. The van der Waals surface area contributed by atoms with Gasteiger partial charge in [-0.25, -0.2) is 0 Å². The summed E-state index contributed by atoms with van der Waals surface area (Å²) in [7, 11) is 0. The van der Waals surface area contributed by atoms with Gasteiger partial charge in [-0.2, -0.15) is 0 Å². The number of carbonyl (C=O) groups excluding carboxylic acids is 2. The first kappa shape index (κ1) is 19.2. The standard InChI is InChI=1S/C18H28N2O3/c1-12(11-21)10-19-16(22)13(2)20-17(23)14-6-8-15(9-7-14)18(3,4)5/h6-9,12-13,21H,10-11H2,1-5H3,(H,19,22)(H,20,23). The van der Waals surface area contributed by atoms with E-state index in [0.717, 1.165) is 5.56 Å². The highest BCUT2D eigenvalue weighted by atomic mass is 16.3. The Kier molecular flexibility index (Phi) is 6.76. The SMILES string of the molecule is CC(CO)CNC(=O)C(C)NC(=O)c1ccc(C(C)(C)C)cc1. The van der Waals surface area contributed by atoms with Gasteiger partial charge in [0.05, 0.1) is 0 Å².